The Morgan fingerprint density at radius 1 is 1.59 bits per heavy atom. The first-order chi connectivity index (χ1) is 8.22. The molecule has 0 aromatic carbocycles. The molecule has 1 fully saturated rings. The van der Waals surface area contributed by atoms with Crippen molar-refractivity contribution in [3.05, 3.63) is 12.4 Å². The van der Waals surface area contributed by atoms with Crippen LogP contribution in [0.1, 0.15) is 0 Å². The number of likely N-dealkylation sites (N-methyl/N-ethyl adjacent to an activating group) is 1. The smallest absolute Gasteiger partial charge is 0.244 e. The summed E-state index contributed by atoms with van der Waals surface area (Å²) in [6, 6.07) is -0.391. The van der Waals surface area contributed by atoms with Crippen LogP contribution < -0.4 is 16.0 Å². The van der Waals surface area contributed by atoms with Crippen molar-refractivity contribution in [3.8, 4) is 0 Å². The van der Waals surface area contributed by atoms with Crippen molar-refractivity contribution in [2.75, 3.05) is 37.4 Å². The molecule has 2 rings (SSSR count). The molecular weight excluding hydrogens is 222 g/mol. The Bertz CT molecular complexity index is 394. The summed E-state index contributed by atoms with van der Waals surface area (Å²) in [5.41, 5.74) is 6.03. The van der Waals surface area contributed by atoms with Crippen molar-refractivity contribution in [3.63, 3.8) is 0 Å². The first-order valence-electron chi connectivity index (χ1n) is 5.36. The van der Waals surface area contributed by atoms with E-state index in [0.29, 0.717) is 31.4 Å². The standard InChI is InChI=1S/C10H15N5O2/c1-12-9(16)8-6-17-3-2-15(8)10-13-4-7(11)5-14-10/h4-5,8H,2-3,6,11H2,1H3,(H,12,16). The summed E-state index contributed by atoms with van der Waals surface area (Å²) in [6.45, 7) is 1.48. The van der Waals surface area contributed by atoms with Crippen LogP contribution in [0, 0.1) is 0 Å². The van der Waals surface area contributed by atoms with E-state index in [9.17, 15) is 4.79 Å². The van der Waals surface area contributed by atoms with E-state index in [-0.39, 0.29) is 5.91 Å². The maximum absolute atomic E-state index is 11.7. The van der Waals surface area contributed by atoms with Crippen LogP contribution in [0.3, 0.4) is 0 Å². The second-order valence-corrected chi connectivity index (χ2v) is 3.71. The zero-order valence-electron chi connectivity index (χ0n) is 9.59. The Morgan fingerprint density at radius 2 is 2.29 bits per heavy atom. The molecule has 3 N–H and O–H groups in total. The number of hydrogen-bond acceptors (Lipinski definition) is 6. The van der Waals surface area contributed by atoms with Gasteiger partial charge in [-0.1, -0.05) is 0 Å². The minimum atomic E-state index is -0.391. The van der Waals surface area contributed by atoms with Gasteiger partial charge in [-0.3, -0.25) is 4.79 Å². The molecule has 0 saturated carbocycles. The number of aromatic nitrogens is 2. The molecule has 1 atom stereocenters. The molecule has 92 valence electrons. The minimum Gasteiger partial charge on any atom is -0.396 e. The van der Waals surface area contributed by atoms with Gasteiger partial charge in [-0.05, 0) is 0 Å². The van der Waals surface area contributed by atoms with E-state index < -0.39 is 6.04 Å². The fourth-order valence-corrected chi connectivity index (χ4v) is 1.71. The monoisotopic (exact) mass is 237 g/mol. The zero-order chi connectivity index (χ0) is 12.3. The van der Waals surface area contributed by atoms with Crippen LogP contribution in [0.15, 0.2) is 12.4 Å². The normalized spacial score (nSPS) is 20.1. The molecule has 0 spiro atoms. The van der Waals surface area contributed by atoms with E-state index in [0.717, 1.165) is 0 Å². The van der Waals surface area contributed by atoms with Gasteiger partial charge in [-0.15, -0.1) is 0 Å². The van der Waals surface area contributed by atoms with Crippen molar-refractivity contribution in [2.45, 2.75) is 6.04 Å². The number of nitrogens with two attached hydrogens (primary N) is 1. The summed E-state index contributed by atoms with van der Waals surface area (Å²) >= 11 is 0. The lowest BCUT2D eigenvalue weighted by molar-refractivity contribution is -0.124. The third kappa shape index (κ3) is 2.44. The molecule has 0 radical (unpaired) electrons. The van der Waals surface area contributed by atoms with Gasteiger partial charge < -0.3 is 20.7 Å². The highest BCUT2D eigenvalue weighted by molar-refractivity contribution is 5.84. The zero-order valence-corrected chi connectivity index (χ0v) is 9.59. The molecule has 1 aromatic rings. The van der Waals surface area contributed by atoms with Gasteiger partial charge in [0.2, 0.25) is 11.9 Å². The number of anilines is 2. The molecule has 1 aliphatic heterocycles. The predicted octanol–water partition coefficient (Wildman–Crippen LogP) is -0.990. The van der Waals surface area contributed by atoms with E-state index in [4.69, 9.17) is 10.5 Å². The van der Waals surface area contributed by atoms with Crippen LogP contribution in [0.2, 0.25) is 0 Å². The van der Waals surface area contributed by atoms with E-state index in [1.165, 1.54) is 12.4 Å². The molecule has 1 saturated heterocycles. The quantitative estimate of drug-likeness (QED) is 0.686. The number of carbonyl (C=O) groups is 1. The summed E-state index contributed by atoms with van der Waals surface area (Å²) in [5.74, 6) is 0.390. The molecule has 17 heavy (non-hydrogen) atoms. The summed E-state index contributed by atoms with van der Waals surface area (Å²) in [7, 11) is 1.60. The van der Waals surface area contributed by atoms with Crippen molar-refractivity contribution in [1.29, 1.82) is 0 Å². The van der Waals surface area contributed by atoms with Crippen LogP contribution in [0.25, 0.3) is 0 Å². The van der Waals surface area contributed by atoms with Crippen LogP contribution in [0.4, 0.5) is 11.6 Å². The summed E-state index contributed by atoms with van der Waals surface area (Å²) in [5, 5.41) is 2.60. The van der Waals surface area contributed by atoms with Crippen molar-refractivity contribution in [1.82, 2.24) is 15.3 Å². The fraction of sp³-hybridized carbons (Fsp3) is 0.500. The number of nitrogens with zero attached hydrogens (tertiary/aromatic N) is 3. The minimum absolute atomic E-state index is 0.106. The number of morpholine rings is 1. The van der Waals surface area contributed by atoms with Gasteiger partial charge >= 0.3 is 0 Å². The van der Waals surface area contributed by atoms with Gasteiger partial charge in [-0.25, -0.2) is 9.97 Å². The van der Waals surface area contributed by atoms with E-state index in [1.54, 1.807) is 7.05 Å². The second-order valence-electron chi connectivity index (χ2n) is 3.71. The lowest BCUT2D eigenvalue weighted by atomic mass is 10.2. The van der Waals surface area contributed by atoms with Gasteiger partial charge in [0.1, 0.15) is 6.04 Å². The lowest BCUT2D eigenvalue weighted by Gasteiger charge is -2.34. The van der Waals surface area contributed by atoms with Crippen LogP contribution in [-0.2, 0) is 9.53 Å². The van der Waals surface area contributed by atoms with Gasteiger partial charge in [-0.2, -0.15) is 0 Å². The number of amides is 1. The molecule has 1 amide bonds. The highest BCUT2D eigenvalue weighted by atomic mass is 16.5. The van der Waals surface area contributed by atoms with Gasteiger partial charge in [0, 0.05) is 13.6 Å². The maximum atomic E-state index is 11.7. The molecule has 1 aromatic heterocycles. The van der Waals surface area contributed by atoms with Crippen LogP contribution in [-0.4, -0.2) is 48.7 Å². The molecule has 0 aliphatic carbocycles. The van der Waals surface area contributed by atoms with Crippen molar-refractivity contribution < 1.29 is 9.53 Å². The third-order valence-corrected chi connectivity index (χ3v) is 2.59. The average Bonchev–Trinajstić information content (AvgIpc) is 2.39. The first kappa shape index (κ1) is 11.6. The van der Waals surface area contributed by atoms with Gasteiger partial charge in [0.05, 0.1) is 31.3 Å². The van der Waals surface area contributed by atoms with E-state index in [1.807, 2.05) is 4.90 Å². The summed E-state index contributed by atoms with van der Waals surface area (Å²) in [6.07, 6.45) is 3.05. The topological polar surface area (TPSA) is 93.4 Å². The highest BCUT2D eigenvalue weighted by Crippen LogP contribution is 2.15. The molecule has 1 unspecified atom stereocenters. The number of nitrogens with one attached hydrogen (secondary N) is 1. The number of nitrogen functional groups attached to an aromatic ring is 1. The first-order valence-corrected chi connectivity index (χ1v) is 5.36. The van der Waals surface area contributed by atoms with E-state index >= 15 is 0 Å². The van der Waals surface area contributed by atoms with Gasteiger partial charge in [0.25, 0.3) is 0 Å². The Hall–Kier alpha value is -1.89. The summed E-state index contributed by atoms with van der Waals surface area (Å²) < 4.78 is 5.30. The SMILES string of the molecule is CNC(=O)C1COCCN1c1ncc(N)cn1. The molecule has 7 heteroatoms. The summed E-state index contributed by atoms with van der Waals surface area (Å²) in [4.78, 5) is 21.8. The molecule has 2 heterocycles. The number of ether oxygens (including phenoxy) is 1. The Morgan fingerprint density at radius 3 is 2.94 bits per heavy atom. The Balaban J connectivity index is 2.21. The molecule has 1 aliphatic rings. The number of rotatable bonds is 2. The van der Waals surface area contributed by atoms with Crippen LogP contribution >= 0.6 is 0 Å². The number of carbonyl (C=O) groups excluding carboxylic acids is 1. The highest BCUT2D eigenvalue weighted by Gasteiger charge is 2.30. The average molecular weight is 237 g/mol. The third-order valence-electron chi connectivity index (χ3n) is 2.59. The van der Waals surface area contributed by atoms with Crippen molar-refractivity contribution >= 4 is 17.5 Å². The predicted molar refractivity (Wildman–Crippen MR) is 62.5 cm³/mol. The van der Waals surface area contributed by atoms with Gasteiger partial charge in [0.15, 0.2) is 0 Å². The lowest BCUT2D eigenvalue weighted by Crippen LogP contribution is -2.54. The largest absolute Gasteiger partial charge is 0.396 e. The Labute approximate surface area is 99.0 Å². The molecule has 0 bridgehead atoms. The maximum Gasteiger partial charge on any atom is 0.244 e. The Kier molecular flexibility index (Phi) is 3.38. The van der Waals surface area contributed by atoms with E-state index in [2.05, 4.69) is 15.3 Å². The molecule has 7 nitrogen and oxygen atoms in total. The second kappa shape index (κ2) is 4.96. The number of hydrogen-bond donors (Lipinski definition) is 2. The van der Waals surface area contributed by atoms with Crippen molar-refractivity contribution in [2.24, 2.45) is 0 Å². The molecular formula is C10H15N5O2. The fourth-order valence-electron chi connectivity index (χ4n) is 1.71. The van der Waals surface area contributed by atoms with Crippen LogP contribution in [0.5, 0.6) is 0 Å².